The van der Waals surface area contributed by atoms with E-state index in [4.69, 9.17) is 0 Å². The Morgan fingerprint density at radius 1 is 1.37 bits per heavy atom. The summed E-state index contributed by atoms with van der Waals surface area (Å²) in [5.41, 5.74) is 1.05. The zero-order valence-corrected chi connectivity index (χ0v) is 12.6. The molecule has 0 radical (unpaired) electrons. The molecule has 0 aliphatic heterocycles. The number of imidazole rings is 1. The Labute approximate surface area is 123 Å². The van der Waals surface area contributed by atoms with E-state index in [0.717, 1.165) is 34.6 Å². The summed E-state index contributed by atoms with van der Waals surface area (Å²) in [7, 11) is 0. The lowest BCUT2D eigenvalue weighted by atomic mass is 10.3. The molecule has 4 nitrogen and oxygen atoms in total. The van der Waals surface area contributed by atoms with Crippen LogP contribution in [0.3, 0.4) is 0 Å². The Balaban J connectivity index is 1.56. The van der Waals surface area contributed by atoms with Crippen LogP contribution in [0, 0.1) is 0 Å². The summed E-state index contributed by atoms with van der Waals surface area (Å²) in [4.78, 5) is 8.58. The maximum Gasteiger partial charge on any atom is 0.183 e. The van der Waals surface area contributed by atoms with E-state index in [-0.39, 0.29) is 0 Å². The molecule has 2 heterocycles. The van der Waals surface area contributed by atoms with Crippen LogP contribution in [-0.2, 0) is 6.54 Å². The number of nitrogens with zero attached hydrogens (tertiary/aromatic N) is 3. The minimum atomic E-state index is 0.916. The van der Waals surface area contributed by atoms with Gasteiger partial charge < -0.3 is 9.88 Å². The minimum Gasteiger partial charge on any atom is -0.361 e. The van der Waals surface area contributed by atoms with Crippen LogP contribution >= 0.6 is 27.3 Å². The van der Waals surface area contributed by atoms with Crippen LogP contribution in [-0.4, -0.2) is 21.1 Å². The van der Waals surface area contributed by atoms with Crippen molar-refractivity contribution in [2.75, 3.05) is 11.9 Å². The average molecular weight is 337 g/mol. The summed E-state index contributed by atoms with van der Waals surface area (Å²) < 4.78 is 4.37. The van der Waals surface area contributed by atoms with Crippen LogP contribution in [0.5, 0.6) is 0 Å². The number of rotatable bonds is 5. The lowest BCUT2D eigenvalue weighted by Gasteiger charge is -2.02. The first-order chi connectivity index (χ1) is 9.31. The molecular formula is C13H13BrN4S. The Morgan fingerprint density at radius 2 is 2.32 bits per heavy atom. The van der Waals surface area contributed by atoms with Gasteiger partial charge in [-0.3, -0.25) is 0 Å². The molecule has 1 aromatic carbocycles. The monoisotopic (exact) mass is 336 g/mol. The number of hydrogen-bond donors (Lipinski definition) is 1. The van der Waals surface area contributed by atoms with E-state index in [9.17, 15) is 0 Å². The third-order valence-corrected chi connectivity index (χ3v) is 4.25. The van der Waals surface area contributed by atoms with Crippen molar-refractivity contribution in [3.63, 3.8) is 0 Å². The number of benzene rings is 1. The van der Waals surface area contributed by atoms with Crippen LogP contribution in [0.4, 0.5) is 5.13 Å². The Kier molecular flexibility index (Phi) is 3.79. The lowest BCUT2D eigenvalue weighted by Crippen LogP contribution is -2.05. The summed E-state index contributed by atoms with van der Waals surface area (Å²) in [5.74, 6) is 0. The smallest absolute Gasteiger partial charge is 0.183 e. The highest BCUT2D eigenvalue weighted by atomic mass is 79.9. The molecule has 0 bridgehead atoms. The maximum absolute atomic E-state index is 4.56. The lowest BCUT2D eigenvalue weighted by molar-refractivity contribution is 0.660. The van der Waals surface area contributed by atoms with Gasteiger partial charge >= 0.3 is 0 Å². The van der Waals surface area contributed by atoms with Gasteiger partial charge in [-0.2, -0.15) is 0 Å². The number of fused-ring (bicyclic) bond motifs is 1. The van der Waals surface area contributed by atoms with Gasteiger partial charge in [0.1, 0.15) is 0 Å². The molecule has 0 saturated carbocycles. The highest BCUT2D eigenvalue weighted by molar-refractivity contribution is 9.10. The number of halogens is 1. The van der Waals surface area contributed by atoms with E-state index in [1.165, 1.54) is 4.70 Å². The van der Waals surface area contributed by atoms with Gasteiger partial charge in [0.2, 0.25) is 0 Å². The SMILES string of the molecule is Brc1ccc2nc(NCCCn3ccnc3)sc2c1. The molecule has 0 amide bonds. The molecule has 3 rings (SSSR count). The molecule has 19 heavy (non-hydrogen) atoms. The fourth-order valence-electron chi connectivity index (χ4n) is 1.85. The first-order valence-electron chi connectivity index (χ1n) is 6.07. The highest BCUT2D eigenvalue weighted by Gasteiger charge is 2.03. The van der Waals surface area contributed by atoms with Crippen molar-refractivity contribution in [1.82, 2.24) is 14.5 Å². The third kappa shape index (κ3) is 3.13. The molecule has 0 saturated heterocycles. The van der Waals surface area contributed by atoms with Crippen LogP contribution in [0.25, 0.3) is 10.2 Å². The molecule has 0 fully saturated rings. The Bertz CT molecular complexity index is 662. The van der Waals surface area contributed by atoms with Crippen molar-refractivity contribution < 1.29 is 0 Å². The second-order valence-electron chi connectivity index (χ2n) is 4.21. The van der Waals surface area contributed by atoms with E-state index >= 15 is 0 Å². The van der Waals surface area contributed by atoms with Crippen LogP contribution in [0.15, 0.2) is 41.4 Å². The molecule has 0 aliphatic carbocycles. The quantitative estimate of drug-likeness (QED) is 0.721. The van der Waals surface area contributed by atoms with Gasteiger partial charge in [-0.15, -0.1) is 0 Å². The molecule has 0 atom stereocenters. The first kappa shape index (κ1) is 12.6. The van der Waals surface area contributed by atoms with Crippen molar-refractivity contribution in [3.8, 4) is 0 Å². The second-order valence-corrected chi connectivity index (χ2v) is 6.16. The van der Waals surface area contributed by atoms with E-state index in [1.807, 2.05) is 24.7 Å². The third-order valence-electron chi connectivity index (χ3n) is 2.78. The number of aryl methyl sites for hydroxylation is 1. The van der Waals surface area contributed by atoms with Gasteiger partial charge in [0.05, 0.1) is 16.5 Å². The molecule has 98 valence electrons. The molecule has 6 heteroatoms. The van der Waals surface area contributed by atoms with Crippen molar-refractivity contribution in [3.05, 3.63) is 41.4 Å². The zero-order valence-electron chi connectivity index (χ0n) is 10.2. The van der Waals surface area contributed by atoms with Gasteiger partial charge in [0.15, 0.2) is 5.13 Å². The van der Waals surface area contributed by atoms with E-state index in [1.54, 1.807) is 17.5 Å². The number of hydrogen-bond acceptors (Lipinski definition) is 4. The zero-order chi connectivity index (χ0) is 13.1. The number of aromatic nitrogens is 3. The maximum atomic E-state index is 4.56. The molecule has 0 aliphatic rings. The average Bonchev–Trinajstić information content (AvgIpc) is 3.02. The summed E-state index contributed by atoms with van der Waals surface area (Å²) in [5, 5.41) is 4.36. The molecule has 0 spiro atoms. The van der Waals surface area contributed by atoms with Gasteiger partial charge in [-0.25, -0.2) is 9.97 Å². The molecule has 0 unspecified atom stereocenters. The Hall–Kier alpha value is -1.40. The van der Waals surface area contributed by atoms with Gasteiger partial charge in [-0.05, 0) is 24.6 Å². The van der Waals surface area contributed by atoms with E-state index < -0.39 is 0 Å². The summed E-state index contributed by atoms with van der Waals surface area (Å²) >= 11 is 5.17. The van der Waals surface area contributed by atoms with Crippen molar-refractivity contribution in [2.24, 2.45) is 0 Å². The second kappa shape index (κ2) is 5.71. The van der Waals surface area contributed by atoms with E-state index in [2.05, 4.69) is 41.8 Å². The van der Waals surface area contributed by atoms with Gasteiger partial charge in [0, 0.05) is 30.0 Å². The standard InChI is InChI=1S/C13H13BrN4S/c14-10-2-3-11-12(8-10)19-13(17-11)16-4-1-6-18-7-5-15-9-18/h2-3,5,7-9H,1,4,6H2,(H,16,17). The summed E-state index contributed by atoms with van der Waals surface area (Å²) in [6.45, 7) is 1.89. The number of nitrogens with one attached hydrogen (secondary N) is 1. The first-order valence-corrected chi connectivity index (χ1v) is 7.68. The summed E-state index contributed by atoms with van der Waals surface area (Å²) in [6, 6.07) is 6.15. The minimum absolute atomic E-state index is 0.916. The van der Waals surface area contributed by atoms with Crippen LogP contribution in [0.2, 0.25) is 0 Å². The van der Waals surface area contributed by atoms with Crippen LogP contribution in [0.1, 0.15) is 6.42 Å². The van der Waals surface area contributed by atoms with Crippen molar-refractivity contribution >= 4 is 42.6 Å². The fraction of sp³-hybridized carbons (Fsp3) is 0.231. The largest absolute Gasteiger partial charge is 0.361 e. The van der Waals surface area contributed by atoms with Gasteiger partial charge in [-0.1, -0.05) is 27.3 Å². The normalized spacial score (nSPS) is 11.0. The van der Waals surface area contributed by atoms with Crippen molar-refractivity contribution in [2.45, 2.75) is 13.0 Å². The van der Waals surface area contributed by atoms with E-state index in [0.29, 0.717) is 0 Å². The molecule has 1 N–H and O–H groups in total. The summed E-state index contributed by atoms with van der Waals surface area (Å²) in [6.07, 6.45) is 6.68. The molecular weight excluding hydrogens is 324 g/mol. The highest BCUT2D eigenvalue weighted by Crippen LogP contribution is 2.28. The van der Waals surface area contributed by atoms with Crippen molar-refractivity contribution in [1.29, 1.82) is 0 Å². The molecule has 3 aromatic rings. The fourth-order valence-corrected chi connectivity index (χ4v) is 3.29. The Morgan fingerprint density at radius 3 is 3.16 bits per heavy atom. The predicted molar refractivity (Wildman–Crippen MR) is 82.7 cm³/mol. The molecule has 2 aromatic heterocycles. The van der Waals surface area contributed by atoms with Crippen LogP contribution < -0.4 is 5.32 Å². The topological polar surface area (TPSA) is 42.7 Å². The predicted octanol–water partition coefficient (Wildman–Crippen LogP) is 3.76. The van der Waals surface area contributed by atoms with Gasteiger partial charge in [0.25, 0.3) is 0 Å². The number of anilines is 1. The number of thiazole rings is 1.